The van der Waals surface area contributed by atoms with Crippen LogP contribution in [-0.2, 0) is 6.54 Å². The standard InChI is InChI=1S/C15H15ClFN/c1-11(13-7-3-5-9-15(13)17)18-10-12-6-2-4-8-14(12)16/h2-9,11,18H,10H2,1H3/t11-/m1/s1. The van der Waals surface area contributed by atoms with Crippen molar-refractivity contribution >= 4 is 11.6 Å². The minimum absolute atomic E-state index is 0.0533. The van der Waals surface area contributed by atoms with Gasteiger partial charge in [-0.15, -0.1) is 0 Å². The summed E-state index contributed by atoms with van der Waals surface area (Å²) in [4.78, 5) is 0. The molecule has 0 aromatic heterocycles. The van der Waals surface area contributed by atoms with Gasteiger partial charge in [-0.2, -0.15) is 0 Å². The Labute approximate surface area is 112 Å². The third kappa shape index (κ3) is 3.09. The van der Waals surface area contributed by atoms with Crippen molar-refractivity contribution < 1.29 is 4.39 Å². The Hall–Kier alpha value is -1.38. The van der Waals surface area contributed by atoms with E-state index in [9.17, 15) is 4.39 Å². The zero-order valence-corrected chi connectivity index (χ0v) is 10.9. The minimum Gasteiger partial charge on any atom is -0.306 e. The molecule has 0 radical (unpaired) electrons. The number of halogens is 2. The highest BCUT2D eigenvalue weighted by atomic mass is 35.5. The Morgan fingerprint density at radius 2 is 1.78 bits per heavy atom. The Balaban J connectivity index is 2.03. The SMILES string of the molecule is C[C@@H](NCc1ccccc1Cl)c1ccccc1F. The number of nitrogens with one attached hydrogen (secondary N) is 1. The monoisotopic (exact) mass is 263 g/mol. The number of hydrogen-bond acceptors (Lipinski definition) is 1. The molecular weight excluding hydrogens is 249 g/mol. The van der Waals surface area contributed by atoms with Crippen LogP contribution in [0.2, 0.25) is 5.02 Å². The first-order valence-electron chi connectivity index (χ1n) is 5.89. The van der Waals surface area contributed by atoms with Gasteiger partial charge in [-0.1, -0.05) is 48.0 Å². The van der Waals surface area contributed by atoms with E-state index < -0.39 is 0 Å². The molecule has 1 N–H and O–H groups in total. The van der Waals surface area contributed by atoms with Gasteiger partial charge in [-0.3, -0.25) is 0 Å². The summed E-state index contributed by atoms with van der Waals surface area (Å²) in [5.41, 5.74) is 1.69. The third-order valence-corrected chi connectivity index (χ3v) is 3.30. The van der Waals surface area contributed by atoms with Gasteiger partial charge in [-0.25, -0.2) is 4.39 Å². The van der Waals surface area contributed by atoms with E-state index >= 15 is 0 Å². The van der Waals surface area contributed by atoms with Crippen LogP contribution in [0.25, 0.3) is 0 Å². The zero-order chi connectivity index (χ0) is 13.0. The van der Waals surface area contributed by atoms with Crippen LogP contribution in [0.4, 0.5) is 4.39 Å². The minimum atomic E-state index is -0.184. The van der Waals surface area contributed by atoms with E-state index in [4.69, 9.17) is 11.6 Å². The van der Waals surface area contributed by atoms with Crippen molar-refractivity contribution in [2.75, 3.05) is 0 Å². The molecule has 18 heavy (non-hydrogen) atoms. The first kappa shape index (κ1) is 13.1. The molecule has 1 atom stereocenters. The molecule has 0 heterocycles. The second-order valence-corrected chi connectivity index (χ2v) is 4.62. The Bertz CT molecular complexity index is 527. The van der Waals surface area contributed by atoms with Crippen LogP contribution >= 0.6 is 11.6 Å². The van der Waals surface area contributed by atoms with Crippen molar-refractivity contribution in [1.29, 1.82) is 0 Å². The molecule has 3 heteroatoms. The summed E-state index contributed by atoms with van der Waals surface area (Å²) >= 11 is 6.07. The van der Waals surface area contributed by atoms with Crippen molar-refractivity contribution in [2.24, 2.45) is 0 Å². The van der Waals surface area contributed by atoms with Crippen LogP contribution in [0, 0.1) is 5.82 Å². The summed E-state index contributed by atoms with van der Waals surface area (Å²) in [5, 5.41) is 4.00. The lowest BCUT2D eigenvalue weighted by molar-refractivity contribution is 0.528. The maximum absolute atomic E-state index is 13.6. The molecule has 0 aliphatic carbocycles. The summed E-state index contributed by atoms with van der Waals surface area (Å²) in [6.07, 6.45) is 0. The lowest BCUT2D eigenvalue weighted by atomic mass is 10.1. The summed E-state index contributed by atoms with van der Waals surface area (Å²) in [7, 11) is 0. The van der Waals surface area contributed by atoms with Crippen LogP contribution in [0.1, 0.15) is 24.1 Å². The molecular formula is C15H15ClFN. The molecule has 0 fully saturated rings. The van der Waals surface area contributed by atoms with Gasteiger partial charge in [0.15, 0.2) is 0 Å². The van der Waals surface area contributed by atoms with Gasteiger partial charge in [0.1, 0.15) is 5.82 Å². The highest BCUT2D eigenvalue weighted by Gasteiger charge is 2.09. The molecule has 0 aliphatic heterocycles. The van der Waals surface area contributed by atoms with Crippen molar-refractivity contribution in [1.82, 2.24) is 5.32 Å². The van der Waals surface area contributed by atoms with E-state index in [1.807, 2.05) is 37.3 Å². The van der Waals surface area contributed by atoms with Gasteiger partial charge < -0.3 is 5.32 Å². The lowest BCUT2D eigenvalue weighted by Gasteiger charge is -2.15. The quantitative estimate of drug-likeness (QED) is 0.866. The van der Waals surface area contributed by atoms with Crippen LogP contribution in [0.5, 0.6) is 0 Å². The van der Waals surface area contributed by atoms with Gasteiger partial charge >= 0.3 is 0 Å². The predicted octanol–water partition coefficient (Wildman–Crippen LogP) is 4.33. The first-order chi connectivity index (χ1) is 8.68. The smallest absolute Gasteiger partial charge is 0.127 e. The fraction of sp³-hybridized carbons (Fsp3) is 0.200. The molecule has 94 valence electrons. The average molecular weight is 264 g/mol. The first-order valence-corrected chi connectivity index (χ1v) is 6.27. The van der Waals surface area contributed by atoms with E-state index in [0.717, 1.165) is 10.6 Å². The maximum atomic E-state index is 13.6. The number of benzene rings is 2. The van der Waals surface area contributed by atoms with Crippen molar-refractivity contribution in [3.05, 3.63) is 70.5 Å². The van der Waals surface area contributed by atoms with Gasteiger partial charge in [0.05, 0.1) is 0 Å². The Kier molecular flexibility index (Phi) is 4.34. The molecule has 0 unspecified atom stereocenters. The average Bonchev–Trinajstić information content (AvgIpc) is 2.38. The van der Waals surface area contributed by atoms with Crippen LogP contribution in [0.15, 0.2) is 48.5 Å². The van der Waals surface area contributed by atoms with Crippen LogP contribution in [-0.4, -0.2) is 0 Å². The highest BCUT2D eigenvalue weighted by Crippen LogP contribution is 2.19. The van der Waals surface area contributed by atoms with Crippen LogP contribution in [0.3, 0.4) is 0 Å². The number of rotatable bonds is 4. The second kappa shape index (κ2) is 5.98. The summed E-state index contributed by atoms with van der Waals surface area (Å²) < 4.78 is 13.6. The topological polar surface area (TPSA) is 12.0 Å². The predicted molar refractivity (Wildman–Crippen MR) is 73.1 cm³/mol. The van der Waals surface area contributed by atoms with E-state index in [2.05, 4.69) is 5.32 Å². The largest absolute Gasteiger partial charge is 0.306 e. The van der Waals surface area contributed by atoms with E-state index in [-0.39, 0.29) is 11.9 Å². The second-order valence-electron chi connectivity index (χ2n) is 4.22. The molecule has 0 spiro atoms. The highest BCUT2D eigenvalue weighted by molar-refractivity contribution is 6.31. The van der Waals surface area contributed by atoms with E-state index in [1.165, 1.54) is 6.07 Å². The molecule has 0 amide bonds. The summed E-state index contributed by atoms with van der Waals surface area (Å²) in [6, 6.07) is 14.4. The molecule has 2 aromatic rings. The van der Waals surface area contributed by atoms with Gasteiger partial charge in [0.2, 0.25) is 0 Å². The van der Waals surface area contributed by atoms with Gasteiger partial charge in [0, 0.05) is 23.2 Å². The number of hydrogen-bond donors (Lipinski definition) is 1. The summed E-state index contributed by atoms with van der Waals surface area (Å²) in [5.74, 6) is -0.184. The van der Waals surface area contributed by atoms with Gasteiger partial charge in [-0.05, 0) is 24.6 Å². The third-order valence-electron chi connectivity index (χ3n) is 2.93. The Morgan fingerprint density at radius 1 is 1.11 bits per heavy atom. The lowest BCUT2D eigenvalue weighted by Crippen LogP contribution is -2.19. The van der Waals surface area contributed by atoms with Crippen molar-refractivity contribution in [2.45, 2.75) is 19.5 Å². The normalized spacial score (nSPS) is 12.4. The fourth-order valence-electron chi connectivity index (χ4n) is 1.84. The molecule has 0 saturated carbocycles. The molecule has 2 aromatic carbocycles. The van der Waals surface area contributed by atoms with E-state index in [1.54, 1.807) is 12.1 Å². The molecule has 0 bridgehead atoms. The molecule has 2 rings (SSSR count). The van der Waals surface area contributed by atoms with Crippen LogP contribution < -0.4 is 5.32 Å². The van der Waals surface area contributed by atoms with Crippen molar-refractivity contribution in [3.8, 4) is 0 Å². The Morgan fingerprint density at radius 3 is 2.50 bits per heavy atom. The fourth-order valence-corrected chi connectivity index (χ4v) is 2.04. The van der Waals surface area contributed by atoms with Gasteiger partial charge in [0.25, 0.3) is 0 Å². The zero-order valence-electron chi connectivity index (χ0n) is 10.2. The molecule has 0 aliphatic rings. The molecule has 0 saturated heterocycles. The van der Waals surface area contributed by atoms with E-state index in [0.29, 0.717) is 12.1 Å². The molecule has 1 nitrogen and oxygen atoms in total. The summed E-state index contributed by atoms with van der Waals surface area (Å²) in [6.45, 7) is 2.56. The maximum Gasteiger partial charge on any atom is 0.127 e. The van der Waals surface area contributed by atoms with Crippen molar-refractivity contribution in [3.63, 3.8) is 0 Å².